The Balaban J connectivity index is 1.82. The summed E-state index contributed by atoms with van der Waals surface area (Å²) in [6, 6.07) is 2.42. The number of hydrogen-bond acceptors (Lipinski definition) is 2. The first-order valence-electron chi connectivity index (χ1n) is 7.25. The van der Waals surface area contributed by atoms with E-state index in [1.807, 2.05) is 0 Å². The van der Waals surface area contributed by atoms with E-state index in [0.29, 0.717) is 24.4 Å². The minimum absolute atomic E-state index is 0.331. The fraction of sp³-hybridized carbons (Fsp3) is 0.933. The monoisotopic (exact) mass is 235 g/mol. The van der Waals surface area contributed by atoms with Gasteiger partial charge in [-0.3, -0.25) is 0 Å². The molecule has 96 valence electrons. The molecule has 0 radical (unpaired) electrons. The minimum atomic E-state index is 0.331. The molecule has 0 bridgehead atoms. The Morgan fingerprint density at radius 3 is 2.24 bits per heavy atom. The molecule has 3 atom stereocenters. The summed E-state index contributed by atoms with van der Waals surface area (Å²) < 4.78 is 0. The van der Waals surface area contributed by atoms with Gasteiger partial charge >= 0.3 is 0 Å². The van der Waals surface area contributed by atoms with Crippen molar-refractivity contribution in [3.63, 3.8) is 0 Å². The van der Waals surface area contributed by atoms with Crippen molar-refractivity contribution >= 4 is 0 Å². The van der Waals surface area contributed by atoms with Gasteiger partial charge in [0.25, 0.3) is 0 Å². The highest BCUT2D eigenvalue weighted by atomic mass is 16.3. The molecule has 0 aromatic heterocycles. The lowest BCUT2D eigenvalue weighted by Gasteiger charge is -2.39. The average molecular weight is 235 g/mol. The van der Waals surface area contributed by atoms with Crippen LogP contribution in [0, 0.1) is 40.9 Å². The Labute approximate surface area is 105 Å². The summed E-state index contributed by atoms with van der Waals surface area (Å²) in [7, 11) is 0. The summed E-state index contributed by atoms with van der Waals surface area (Å²) in [5.74, 6) is 3.29. The molecule has 2 heteroatoms. The van der Waals surface area contributed by atoms with Gasteiger partial charge in [-0.2, -0.15) is 5.26 Å². The van der Waals surface area contributed by atoms with Crippen LogP contribution in [0.15, 0.2) is 0 Å². The molecule has 0 aromatic rings. The average Bonchev–Trinajstić information content (AvgIpc) is 2.39. The van der Waals surface area contributed by atoms with Crippen LogP contribution >= 0.6 is 0 Å². The van der Waals surface area contributed by atoms with Crippen LogP contribution in [0.2, 0.25) is 0 Å². The van der Waals surface area contributed by atoms with Gasteiger partial charge in [0.2, 0.25) is 0 Å². The summed E-state index contributed by atoms with van der Waals surface area (Å²) in [5, 5.41) is 18.2. The highest BCUT2D eigenvalue weighted by Crippen LogP contribution is 2.43. The predicted molar refractivity (Wildman–Crippen MR) is 68.1 cm³/mol. The van der Waals surface area contributed by atoms with Crippen LogP contribution in [0.5, 0.6) is 0 Å². The van der Waals surface area contributed by atoms with E-state index in [9.17, 15) is 5.11 Å². The Bertz CT molecular complexity index is 275. The zero-order valence-corrected chi connectivity index (χ0v) is 10.9. The number of aliphatic hydroxyl groups excluding tert-OH is 1. The van der Waals surface area contributed by atoms with Crippen LogP contribution < -0.4 is 0 Å². The van der Waals surface area contributed by atoms with Crippen LogP contribution in [0.4, 0.5) is 0 Å². The number of nitriles is 1. The van der Waals surface area contributed by atoms with Crippen molar-refractivity contribution in [1.29, 1.82) is 5.26 Å². The van der Waals surface area contributed by atoms with Gasteiger partial charge in [0.05, 0.1) is 6.07 Å². The molecule has 2 aliphatic carbocycles. The topological polar surface area (TPSA) is 44.0 Å². The molecule has 0 aliphatic heterocycles. The van der Waals surface area contributed by atoms with Gasteiger partial charge in [-0.1, -0.05) is 6.92 Å². The van der Waals surface area contributed by atoms with Crippen LogP contribution in [0.3, 0.4) is 0 Å². The third-order valence-corrected chi connectivity index (χ3v) is 5.24. The number of rotatable bonds is 2. The number of aliphatic hydroxyl groups is 1. The first-order valence-corrected chi connectivity index (χ1v) is 7.25. The highest BCUT2D eigenvalue weighted by Gasteiger charge is 2.33. The van der Waals surface area contributed by atoms with Crippen molar-refractivity contribution in [2.45, 2.75) is 51.9 Å². The third-order valence-electron chi connectivity index (χ3n) is 5.24. The van der Waals surface area contributed by atoms with E-state index in [2.05, 4.69) is 13.0 Å². The molecule has 0 amide bonds. The lowest BCUT2D eigenvalue weighted by molar-refractivity contribution is 0.0807. The van der Waals surface area contributed by atoms with E-state index in [0.717, 1.165) is 24.7 Å². The first-order chi connectivity index (χ1) is 8.24. The standard InChI is InChI=1S/C15H25NO/c1-11-8-14(6-7-15(11)10-17)13-4-2-12(9-16)3-5-13/h11-15,17H,2-8,10H2,1H3. The smallest absolute Gasteiger partial charge is 0.0655 e. The Kier molecular flexibility index (Phi) is 4.45. The van der Waals surface area contributed by atoms with Crippen LogP contribution in [-0.4, -0.2) is 11.7 Å². The molecule has 2 nitrogen and oxygen atoms in total. The fourth-order valence-electron chi connectivity index (χ4n) is 3.92. The molecule has 17 heavy (non-hydrogen) atoms. The van der Waals surface area contributed by atoms with E-state index in [1.54, 1.807) is 0 Å². The molecule has 1 N–H and O–H groups in total. The summed E-state index contributed by atoms with van der Waals surface area (Å²) in [6.45, 7) is 2.67. The molecule has 0 heterocycles. The fourth-order valence-corrected chi connectivity index (χ4v) is 3.92. The maximum absolute atomic E-state index is 9.29. The van der Waals surface area contributed by atoms with Crippen molar-refractivity contribution in [3.8, 4) is 6.07 Å². The normalized spacial score (nSPS) is 43.0. The maximum Gasteiger partial charge on any atom is 0.0655 e. The Hall–Kier alpha value is -0.550. The molecule has 2 aliphatic rings. The second-order valence-electron chi connectivity index (χ2n) is 6.23. The molecule has 0 spiro atoms. The van der Waals surface area contributed by atoms with Crippen LogP contribution in [-0.2, 0) is 0 Å². The van der Waals surface area contributed by atoms with Gasteiger partial charge in [-0.15, -0.1) is 0 Å². The molecule has 3 unspecified atom stereocenters. The highest BCUT2D eigenvalue weighted by molar-refractivity contribution is 4.90. The second kappa shape index (κ2) is 5.87. The Morgan fingerprint density at radius 2 is 1.71 bits per heavy atom. The van der Waals surface area contributed by atoms with Gasteiger partial charge in [0.15, 0.2) is 0 Å². The molecule has 2 rings (SSSR count). The Morgan fingerprint density at radius 1 is 1.06 bits per heavy atom. The van der Waals surface area contributed by atoms with Crippen molar-refractivity contribution in [1.82, 2.24) is 0 Å². The van der Waals surface area contributed by atoms with E-state index >= 15 is 0 Å². The maximum atomic E-state index is 9.29. The van der Waals surface area contributed by atoms with Gasteiger partial charge in [-0.25, -0.2) is 0 Å². The molecule has 0 aromatic carbocycles. The molecule has 0 saturated heterocycles. The molecular formula is C15H25NO. The SMILES string of the molecule is CC1CC(C2CCC(C#N)CC2)CCC1CO. The van der Waals surface area contributed by atoms with Gasteiger partial charge < -0.3 is 5.11 Å². The van der Waals surface area contributed by atoms with Crippen LogP contribution in [0.1, 0.15) is 51.9 Å². The van der Waals surface area contributed by atoms with Gasteiger partial charge in [-0.05, 0) is 68.6 Å². The zero-order valence-electron chi connectivity index (χ0n) is 10.9. The van der Waals surface area contributed by atoms with Gasteiger partial charge in [0, 0.05) is 12.5 Å². The third kappa shape index (κ3) is 3.01. The van der Waals surface area contributed by atoms with Crippen molar-refractivity contribution in [3.05, 3.63) is 0 Å². The minimum Gasteiger partial charge on any atom is -0.396 e. The lowest BCUT2D eigenvalue weighted by Crippen LogP contribution is -2.31. The predicted octanol–water partition coefficient (Wildman–Crippen LogP) is 3.36. The van der Waals surface area contributed by atoms with Crippen molar-refractivity contribution in [2.75, 3.05) is 6.61 Å². The molecule has 2 saturated carbocycles. The summed E-state index contributed by atoms with van der Waals surface area (Å²) in [6.07, 6.45) is 8.58. The van der Waals surface area contributed by atoms with E-state index in [-0.39, 0.29) is 0 Å². The summed E-state index contributed by atoms with van der Waals surface area (Å²) in [5.41, 5.74) is 0. The summed E-state index contributed by atoms with van der Waals surface area (Å²) in [4.78, 5) is 0. The van der Waals surface area contributed by atoms with E-state index in [4.69, 9.17) is 5.26 Å². The van der Waals surface area contributed by atoms with E-state index in [1.165, 1.54) is 32.1 Å². The van der Waals surface area contributed by atoms with Crippen molar-refractivity contribution < 1.29 is 5.11 Å². The zero-order chi connectivity index (χ0) is 12.3. The second-order valence-corrected chi connectivity index (χ2v) is 6.23. The number of nitrogens with zero attached hydrogens (tertiary/aromatic N) is 1. The largest absolute Gasteiger partial charge is 0.396 e. The summed E-state index contributed by atoms with van der Waals surface area (Å²) >= 11 is 0. The van der Waals surface area contributed by atoms with E-state index < -0.39 is 0 Å². The van der Waals surface area contributed by atoms with Crippen molar-refractivity contribution in [2.24, 2.45) is 29.6 Å². The quantitative estimate of drug-likeness (QED) is 0.797. The lowest BCUT2D eigenvalue weighted by atomic mass is 9.66. The van der Waals surface area contributed by atoms with Gasteiger partial charge in [0.1, 0.15) is 0 Å². The van der Waals surface area contributed by atoms with Crippen LogP contribution in [0.25, 0.3) is 0 Å². The first kappa shape index (κ1) is 12.9. The molecular weight excluding hydrogens is 210 g/mol. The molecule has 2 fully saturated rings. The number of hydrogen-bond donors (Lipinski definition) is 1.